The highest BCUT2D eigenvalue weighted by molar-refractivity contribution is 5.19. The first kappa shape index (κ1) is 14.4. The average Bonchev–Trinajstić information content (AvgIpc) is 2.88. The molecule has 0 atom stereocenters. The van der Waals surface area contributed by atoms with Gasteiger partial charge in [-0.15, -0.1) is 10.2 Å². The number of nitrogens with zero attached hydrogens (tertiary/aromatic N) is 3. The van der Waals surface area contributed by atoms with E-state index >= 15 is 0 Å². The van der Waals surface area contributed by atoms with Crippen LogP contribution in [0.15, 0.2) is 22.7 Å². The first-order valence-electron chi connectivity index (χ1n) is 6.34. The van der Waals surface area contributed by atoms with Gasteiger partial charge in [0.1, 0.15) is 5.75 Å². The second kappa shape index (κ2) is 7.56. The molecule has 0 spiro atoms. The molecule has 0 aliphatic rings. The van der Waals surface area contributed by atoms with Crippen LogP contribution in [-0.4, -0.2) is 35.4 Å². The Morgan fingerprint density at radius 2 is 2.20 bits per heavy atom. The smallest absolute Gasteiger partial charge is 0.253 e. The number of methoxy groups -OCH3 is 1. The molecule has 0 radical (unpaired) electrons. The predicted octanol–water partition coefficient (Wildman–Crippen LogP) is 1.09. The highest BCUT2D eigenvalue weighted by atomic mass is 16.5. The molecular weight excluding hydrogens is 260 g/mol. The summed E-state index contributed by atoms with van der Waals surface area (Å²) in [6.07, 6.45) is 1.68. The van der Waals surface area contributed by atoms with Crippen LogP contribution in [-0.2, 0) is 17.9 Å². The second-order valence-corrected chi connectivity index (χ2v) is 4.16. The Labute approximate surface area is 117 Å². The summed E-state index contributed by atoms with van der Waals surface area (Å²) in [5.74, 6) is 1.65. The summed E-state index contributed by atoms with van der Waals surface area (Å²) in [4.78, 5) is 4.30. The van der Waals surface area contributed by atoms with E-state index in [-0.39, 0.29) is 6.61 Å². The lowest BCUT2D eigenvalue weighted by molar-refractivity contribution is 0.199. The van der Waals surface area contributed by atoms with E-state index in [1.807, 2.05) is 12.1 Å². The summed E-state index contributed by atoms with van der Waals surface area (Å²) in [5, 5.41) is 10.8. The van der Waals surface area contributed by atoms with Gasteiger partial charge in [0, 0.05) is 27.1 Å². The number of hydrogen-bond donors (Lipinski definition) is 1. The van der Waals surface area contributed by atoms with E-state index < -0.39 is 0 Å². The van der Waals surface area contributed by atoms with Crippen LogP contribution in [0.4, 0.5) is 0 Å². The Bertz CT molecular complexity index is 513. The van der Waals surface area contributed by atoms with E-state index in [0.717, 1.165) is 12.2 Å². The molecule has 1 N–H and O–H groups in total. The number of rotatable bonds is 8. The fourth-order valence-electron chi connectivity index (χ4n) is 1.53. The van der Waals surface area contributed by atoms with Crippen LogP contribution in [0, 0.1) is 6.92 Å². The Morgan fingerprint density at radius 1 is 1.30 bits per heavy atom. The van der Waals surface area contributed by atoms with Crippen LogP contribution in [0.5, 0.6) is 5.75 Å². The van der Waals surface area contributed by atoms with Crippen molar-refractivity contribution in [2.75, 3.05) is 20.3 Å². The molecule has 0 saturated carbocycles. The highest BCUT2D eigenvalue weighted by Crippen LogP contribution is 2.11. The van der Waals surface area contributed by atoms with Gasteiger partial charge in [0.25, 0.3) is 5.89 Å². The topological polar surface area (TPSA) is 82.3 Å². The molecule has 2 rings (SSSR count). The van der Waals surface area contributed by atoms with E-state index in [1.165, 1.54) is 0 Å². The van der Waals surface area contributed by atoms with Gasteiger partial charge in [-0.2, -0.15) is 0 Å². The molecule has 2 heterocycles. The number of pyridine rings is 1. The van der Waals surface area contributed by atoms with Gasteiger partial charge in [-0.25, -0.2) is 0 Å². The molecule has 0 fully saturated rings. The van der Waals surface area contributed by atoms with Crippen LogP contribution < -0.4 is 10.1 Å². The SMILES string of the molecule is COCCNCc1ccc(OCc2nnc(C)o2)cn1. The zero-order valence-electron chi connectivity index (χ0n) is 11.6. The third kappa shape index (κ3) is 4.60. The molecule has 0 saturated heterocycles. The summed E-state index contributed by atoms with van der Waals surface area (Å²) >= 11 is 0. The van der Waals surface area contributed by atoms with Gasteiger partial charge in [0.15, 0.2) is 6.61 Å². The van der Waals surface area contributed by atoms with Gasteiger partial charge in [0.2, 0.25) is 5.89 Å². The standard InChI is InChI=1S/C13H18N4O3/c1-10-16-17-13(20-10)9-19-12-4-3-11(15-8-12)7-14-5-6-18-2/h3-4,8,14H,5-7,9H2,1-2H3. The molecule has 108 valence electrons. The summed E-state index contributed by atoms with van der Waals surface area (Å²) < 4.78 is 15.7. The van der Waals surface area contributed by atoms with Crippen molar-refractivity contribution in [3.63, 3.8) is 0 Å². The molecule has 0 aromatic carbocycles. The normalized spacial score (nSPS) is 10.7. The fraction of sp³-hybridized carbons (Fsp3) is 0.462. The van der Waals surface area contributed by atoms with E-state index in [9.17, 15) is 0 Å². The molecule has 0 bridgehead atoms. The largest absolute Gasteiger partial charge is 0.482 e. The molecule has 0 aliphatic carbocycles. The van der Waals surface area contributed by atoms with Gasteiger partial charge < -0.3 is 19.2 Å². The van der Waals surface area contributed by atoms with Crippen molar-refractivity contribution in [1.29, 1.82) is 0 Å². The Hall–Kier alpha value is -1.99. The molecule has 20 heavy (non-hydrogen) atoms. The summed E-state index contributed by atoms with van der Waals surface area (Å²) in [5.41, 5.74) is 0.946. The van der Waals surface area contributed by atoms with Crippen LogP contribution in [0.1, 0.15) is 17.5 Å². The zero-order valence-corrected chi connectivity index (χ0v) is 11.6. The van der Waals surface area contributed by atoms with Gasteiger partial charge in [-0.3, -0.25) is 4.98 Å². The molecule has 0 unspecified atom stereocenters. The number of hydrogen-bond acceptors (Lipinski definition) is 7. The van der Waals surface area contributed by atoms with Gasteiger partial charge in [-0.05, 0) is 12.1 Å². The quantitative estimate of drug-likeness (QED) is 0.724. The lowest BCUT2D eigenvalue weighted by atomic mass is 10.3. The summed E-state index contributed by atoms with van der Waals surface area (Å²) in [6.45, 7) is 4.17. The fourth-order valence-corrected chi connectivity index (χ4v) is 1.53. The van der Waals surface area contributed by atoms with Crippen LogP contribution in [0.2, 0.25) is 0 Å². The van der Waals surface area contributed by atoms with Crippen molar-refractivity contribution in [2.24, 2.45) is 0 Å². The van der Waals surface area contributed by atoms with Crippen molar-refractivity contribution >= 4 is 0 Å². The van der Waals surface area contributed by atoms with E-state index in [2.05, 4.69) is 20.5 Å². The van der Waals surface area contributed by atoms with Crippen LogP contribution in [0.3, 0.4) is 0 Å². The van der Waals surface area contributed by atoms with Crippen molar-refractivity contribution in [3.8, 4) is 5.75 Å². The summed E-state index contributed by atoms with van der Waals surface area (Å²) in [6, 6.07) is 3.78. The average molecular weight is 278 g/mol. The van der Waals surface area contributed by atoms with Gasteiger partial charge in [-0.1, -0.05) is 0 Å². The minimum Gasteiger partial charge on any atom is -0.482 e. The Kier molecular flexibility index (Phi) is 5.45. The van der Waals surface area contributed by atoms with E-state index in [1.54, 1.807) is 20.2 Å². The van der Waals surface area contributed by atoms with Crippen molar-refractivity contribution < 1.29 is 13.9 Å². The molecule has 2 aromatic rings. The highest BCUT2D eigenvalue weighted by Gasteiger charge is 2.03. The van der Waals surface area contributed by atoms with Gasteiger partial charge in [0.05, 0.1) is 18.5 Å². The first-order chi connectivity index (χ1) is 9.78. The first-order valence-corrected chi connectivity index (χ1v) is 6.34. The molecule has 2 aromatic heterocycles. The monoisotopic (exact) mass is 278 g/mol. The van der Waals surface area contributed by atoms with Crippen LogP contribution >= 0.6 is 0 Å². The predicted molar refractivity (Wildman–Crippen MR) is 71.2 cm³/mol. The maximum atomic E-state index is 5.50. The molecular formula is C13H18N4O3. The number of nitrogens with one attached hydrogen (secondary N) is 1. The third-order valence-corrected chi connectivity index (χ3v) is 2.52. The zero-order chi connectivity index (χ0) is 14.2. The van der Waals surface area contributed by atoms with Gasteiger partial charge >= 0.3 is 0 Å². The molecule has 0 amide bonds. The number of aryl methyl sites for hydroxylation is 1. The van der Waals surface area contributed by atoms with Crippen molar-refractivity contribution in [2.45, 2.75) is 20.1 Å². The van der Waals surface area contributed by atoms with E-state index in [0.29, 0.717) is 30.7 Å². The number of ether oxygens (including phenoxy) is 2. The van der Waals surface area contributed by atoms with Crippen LogP contribution in [0.25, 0.3) is 0 Å². The maximum absolute atomic E-state index is 5.50. The van der Waals surface area contributed by atoms with Crippen molar-refractivity contribution in [1.82, 2.24) is 20.5 Å². The molecule has 0 aliphatic heterocycles. The number of aromatic nitrogens is 3. The summed E-state index contributed by atoms with van der Waals surface area (Å²) in [7, 11) is 1.68. The van der Waals surface area contributed by atoms with E-state index in [4.69, 9.17) is 13.9 Å². The third-order valence-electron chi connectivity index (χ3n) is 2.52. The lowest BCUT2D eigenvalue weighted by Crippen LogP contribution is -2.19. The molecule has 7 nitrogen and oxygen atoms in total. The Balaban J connectivity index is 1.76. The maximum Gasteiger partial charge on any atom is 0.253 e. The minimum atomic E-state index is 0.244. The lowest BCUT2D eigenvalue weighted by Gasteiger charge is -2.05. The Morgan fingerprint density at radius 3 is 2.85 bits per heavy atom. The molecule has 7 heteroatoms. The second-order valence-electron chi connectivity index (χ2n) is 4.16. The minimum absolute atomic E-state index is 0.244. The van der Waals surface area contributed by atoms with Crippen molar-refractivity contribution in [3.05, 3.63) is 35.8 Å².